The van der Waals surface area contributed by atoms with Gasteiger partial charge in [0.1, 0.15) is 0 Å². The van der Waals surface area contributed by atoms with Crippen molar-refractivity contribution in [2.45, 2.75) is 26.0 Å². The zero-order valence-corrected chi connectivity index (χ0v) is 7.63. The van der Waals surface area contributed by atoms with Crippen LogP contribution < -0.4 is 0 Å². The molecule has 0 radical (unpaired) electrons. The van der Waals surface area contributed by atoms with E-state index in [0.717, 1.165) is 13.1 Å². The fourth-order valence-corrected chi connectivity index (χ4v) is 1.25. The molecule has 1 rings (SSSR count). The van der Waals surface area contributed by atoms with E-state index in [-0.39, 0.29) is 0 Å². The lowest BCUT2D eigenvalue weighted by molar-refractivity contribution is -0.0406. The molecule has 64 valence electrons. The number of likely N-dealkylation sites (tertiary alicyclic amines) is 1. The normalized spacial score (nSPS) is 22.8. The minimum atomic E-state index is 0.455. The number of rotatable bonds is 3. The van der Waals surface area contributed by atoms with Crippen molar-refractivity contribution in [2.24, 2.45) is 0 Å². The van der Waals surface area contributed by atoms with Gasteiger partial charge in [0.05, 0.1) is 6.10 Å². The summed E-state index contributed by atoms with van der Waals surface area (Å²) in [5, 5.41) is 0. The Labute approximate surface area is 68.8 Å². The van der Waals surface area contributed by atoms with E-state index in [1.54, 1.807) is 7.11 Å². The summed E-state index contributed by atoms with van der Waals surface area (Å²) >= 11 is 0. The molecule has 1 unspecified atom stereocenters. The Morgan fingerprint density at radius 2 is 2.18 bits per heavy atom. The van der Waals surface area contributed by atoms with Crippen molar-refractivity contribution in [1.29, 1.82) is 0 Å². The van der Waals surface area contributed by atoms with Crippen LogP contribution in [0.3, 0.4) is 0 Å². The van der Waals surface area contributed by atoms with Crippen molar-refractivity contribution in [3.05, 3.63) is 12.2 Å². The van der Waals surface area contributed by atoms with Gasteiger partial charge in [0.2, 0.25) is 0 Å². The van der Waals surface area contributed by atoms with Crippen LogP contribution in [0.1, 0.15) is 13.8 Å². The molecule has 1 aliphatic heterocycles. The summed E-state index contributed by atoms with van der Waals surface area (Å²) in [6, 6.07) is 0.515. The summed E-state index contributed by atoms with van der Waals surface area (Å²) in [5.41, 5.74) is 1.24. The topological polar surface area (TPSA) is 12.5 Å². The second kappa shape index (κ2) is 3.37. The number of hydrogen-bond donors (Lipinski definition) is 0. The highest BCUT2D eigenvalue weighted by Gasteiger charge is 2.29. The molecule has 0 aromatic rings. The third kappa shape index (κ3) is 1.82. The van der Waals surface area contributed by atoms with E-state index < -0.39 is 0 Å². The van der Waals surface area contributed by atoms with E-state index in [4.69, 9.17) is 4.74 Å². The summed E-state index contributed by atoms with van der Waals surface area (Å²) in [5.74, 6) is 0. The molecule has 1 aliphatic rings. The van der Waals surface area contributed by atoms with E-state index in [1.807, 2.05) is 0 Å². The molecule has 0 spiro atoms. The quantitative estimate of drug-likeness (QED) is 0.569. The largest absolute Gasteiger partial charge is 0.379 e. The SMILES string of the molecule is C=C(C)C(C)N1CC(OC)C1. The van der Waals surface area contributed by atoms with Gasteiger partial charge >= 0.3 is 0 Å². The Hall–Kier alpha value is -0.340. The van der Waals surface area contributed by atoms with Gasteiger partial charge in [-0.15, -0.1) is 0 Å². The smallest absolute Gasteiger partial charge is 0.0825 e. The standard InChI is InChI=1S/C9H17NO/c1-7(2)8(3)10-5-9(6-10)11-4/h8-9H,1,5-6H2,2-4H3. The molecular formula is C9H17NO. The van der Waals surface area contributed by atoms with E-state index in [9.17, 15) is 0 Å². The Morgan fingerprint density at radius 3 is 2.55 bits per heavy atom. The van der Waals surface area contributed by atoms with Gasteiger partial charge in [-0.05, 0) is 13.8 Å². The van der Waals surface area contributed by atoms with Gasteiger partial charge < -0.3 is 4.74 Å². The Morgan fingerprint density at radius 1 is 1.64 bits per heavy atom. The third-order valence-corrected chi connectivity index (χ3v) is 2.47. The highest BCUT2D eigenvalue weighted by Crippen LogP contribution is 2.17. The molecule has 1 heterocycles. The van der Waals surface area contributed by atoms with Crippen LogP contribution in [0, 0.1) is 0 Å². The summed E-state index contributed by atoms with van der Waals surface area (Å²) in [4.78, 5) is 2.37. The molecule has 0 aromatic carbocycles. The third-order valence-electron chi connectivity index (χ3n) is 2.47. The average molecular weight is 155 g/mol. The van der Waals surface area contributed by atoms with Gasteiger partial charge in [-0.2, -0.15) is 0 Å². The second-order valence-electron chi connectivity index (χ2n) is 3.33. The summed E-state index contributed by atoms with van der Waals surface area (Å²) in [6.07, 6.45) is 0.455. The maximum atomic E-state index is 5.17. The van der Waals surface area contributed by atoms with Crippen LogP contribution in [0.4, 0.5) is 0 Å². The lowest BCUT2D eigenvalue weighted by Crippen LogP contribution is -2.55. The van der Waals surface area contributed by atoms with Crippen molar-refractivity contribution in [3.8, 4) is 0 Å². The van der Waals surface area contributed by atoms with E-state index in [2.05, 4.69) is 25.3 Å². The average Bonchev–Trinajstić information content (AvgIpc) is 1.85. The molecule has 0 amide bonds. The zero-order valence-electron chi connectivity index (χ0n) is 7.63. The first-order valence-corrected chi connectivity index (χ1v) is 4.07. The van der Waals surface area contributed by atoms with Gasteiger partial charge in [0.25, 0.3) is 0 Å². The lowest BCUT2D eigenvalue weighted by Gasteiger charge is -2.42. The molecule has 1 saturated heterocycles. The predicted octanol–water partition coefficient (Wildman–Crippen LogP) is 1.28. The highest BCUT2D eigenvalue weighted by molar-refractivity contribution is 5.03. The number of hydrogen-bond acceptors (Lipinski definition) is 2. The molecule has 1 atom stereocenters. The molecule has 0 aliphatic carbocycles. The molecule has 2 nitrogen and oxygen atoms in total. The van der Waals surface area contributed by atoms with E-state index in [1.165, 1.54) is 5.57 Å². The first-order chi connectivity index (χ1) is 5.15. The van der Waals surface area contributed by atoms with Crippen LogP contribution in [0.15, 0.2) is 12.2 Å². The lowest BCUT2D eigenvalue weighted by atomic mass is 10.0. The van der Waals surface area contributed by atoms with Crippen LogP contribution in [0.5, 0.6) is 0 Å². The summed E-state index contributed by atoms with van der Waals surface area (Å²) in [6.45, 7) is 10.3. The number of nitrogens with zero attached hydrogens (tertiary/aromatic N) is 1. The van der Waals surface area contributed by atoms with E-state index in [0.29, 0.717) is 12.1 Å². The number of methoxy groups -OCH3 is 1. The molecular weight excluding hydrogens is 138 g/mol. The van der Waals surface area contributed by atoms with Crippen molar-refractivity contribution in [3.63, 3.8) is 0 Å². The molecule has 2 heteroatoms. The van der Waals surface area contributed by atoms with Gasteiger partial charge in [-0.25, -0.2) is 0 Å². The van der Waals surface area contributed by atoms with Crippen LogP contribution in [-0.2, 0) is 4.74 Å². The maximum Gasteiger partial charge on any atom is 0.0825 e. The monoisotopic (exact) mass is 155 g/mol. The first kappa shape index (κ1) is 8.75. The Balaban J connectivity index is 2.26. The zero-order chi connectivity index (χ0) is 8.43. The van der Waals surface area contributed by atoms with Crippen LogP contribution in [0.2, 0.25) is 0 Å². The van der Waals surface area contributed by atoms with Gasteiger partial charge in [0, 0.05) is 26.2 Å². The fourth-order valence-electron chi connectivity index (χ4n) is 1.25. The van der Waals surface area contributed by atoms with E-state index >= 15 is 0 Å². The molecule has 1 fully saturated rings. The molecule has 0 bridgehead atoms. The van der Waals surface area contributed by atoms with Gasteiger partial charge in [0.15, 0.2) is 0 Å². The molecule has 0 aromatic heterocycles. The molecule has 0 N–H and O–H groups in total. The fraction of sp³-hybridized carbons (Fsp3) is 0.778. The van der Waals surface area contributed by atoms with Crippen molar-refractivity contribution < 1.29 is 4.74 Å². The minimum absolute atomic E-state index is 0.455. The number of ether oxygens (including phenoxy) is 1. The predicted molar refractivity (Wildman–Crippen MR) is 46.6 cm³/mol. The van der Waals surface area contributed by atoms with Crippen LogP contribution >= 0.6 is 0 Å². The van der Waals surface area contributed by atoms with Crippen molar-refractivity contribution in [1.82, 2.24) is 4.90 Å². The van der Waals surface area contributed by atoms with Crippen LogP contribution in [0.25, 0.3) is 0 Å². The maximum absolute atomic E-state index is 5.17. The Kier molecular flexibility index (Phi) is 2.68. The Bertz CT molecular complexity index is 150. The van der Waals surface area contributed by atoms with Gasteiger partial charge in [-0.3, -0.25) is 4.90 Å². The van der Waals surface area contributed by atoms with Crippen molar-refractivity contribution in [2.75, 3.05) is 20.2 Å². The summed E-state index contributed by atoms with van der Waals surface area (Å²) < 4.78 is 5.17. The molecule has 11 heavy (non-hydrogen) atoms. The van der Waals surface area contributed by atoms with Crippen LogP contribution in [-0.4, -0.2) is 37.2 Å². The highest BCUT2D eigenvalue weighted by atomic mass is 16.5. The van der Waals surface area contributed by atoms with Gasteiger partial charge in [-0.1, -0.05) is 12.2 Å². The molecule has 0 saturated carbocycles. The minimum Gasteiger partial charge on any atom is -0.379 e. The first-order valence-electron chi connectivity index (χ1n) is 4.07. The summed E-state index contributed by atoms with van der Waals surface area (Å²) in [7, 11) is 1.77. The van der Waals surface area contributed by atoms with Crippen molar-refractivity contribution >= 4 is 0 Å². The second-order valence-corrected chi connectivity index (χ2v) is 3.33.